The predicted molar refractivity (Wildman–Crippen MR) is 80.7 cm³/mol. The van der Waals surface area contributed by atoms with Crippen LogP contribution in [-0.2, 0) is 16.4 Å². The third kappa shape index (κ3) is 4.27. The van der Waals surface area contributed by atoms with Gasteiger partial charge in [0.15, 0.2) is 0 Å². The molecule has 0 aliphatic heterocycles. The van der Waals surface area contributed by atoms with Crippen LogP contribution in [0.15, 0.2) is 22.7 Å². The molecule has 6 heteroatoms. The molecule has 1 aliphatic rings. The molecule has 0 fully saturated rings. The molecule has 1 atom stereocenters. The molecule has 1 unspecified atom stereocenters. The smallest absolute Gasteiger partial charge is 0.208 e. The van der Waals surface area contributed by atoms with E-state index < -0.39 is 10.0 Å². The van der Waals surface area contributed by atoms with Gasteiger partial charge in [-0.3, -0.25) is 0 Å². The van der Waals surface area contributed by atoms with Crippen molar-refractivity contribution >= 4 is 26.0 Å². The van der Waals surface area contributed by atoms with Crippen molar-refractivity contribution in [1.29, 1.82) is 0 Å². The molecular weight excluding hydrogens is 328 g/mol. The van der Waals surface area contributed by atoms with E-state index in [1.54, 1.807) is 0 Å². The molecule has 0 saturated carbocycles. The molecule has 1 aromatic carbocycles. The van der Waals surface area contributed by atoms with Crippen molar-refractivity contribution in [3.63, 3.8) is 0 Å². The molecule has 4 nitrogen and oxygen atoms in total. The summed E-state index contributed by atoms with van der Waals surface area (Å²) in [6.45, 7) is 1.31. The average molecular weight is 347 g/mol. The number of halogens is 1. The Balaban J connectivity index is 1.79. The zero-order valence-electron chi connectivity index (χ0n) is 10.9. The Bertz CT molecular complexity index is 546. The van der Waals surface area contributed by atoms with Crippen LogP contribution in [0.3, 0.4) is 0 Å². The number of hydrogen-bond acceptors (Lipinski definition) is 3. The van der Waals surface area contributed by atoms with Crippen LogP contribution in [0.4, 0.5) is 0 Å². The Labute approximate surface area is 123 Å². The maximum absolute atomic E-state index is 10.9. The van der Waals surface area contributed by atoms with E-state index in [0.29, 0.717) is 12.6 Å². The van der Waals surface area contributed by atoms with Crippen molar-refractivity contribution in [2.24, 2.45) is 0 Å². The number of benzene rings is 1. The summed E-state index contributed by atoms with van der Waals surface area (Å²) in [6, 6.07) is 6.70. The second-order valence-corrected chi connectivity index (χ2v) is 7.56. The Morgan fingerprint density at radius 3 is 2.89 bits per heavy atom. The monoisotopic (exact) mass is 346 g/mol. The van der Waals surface area contributed by atoms with E-state index in [2.05, 4.69) is 44.2 Å². The Hall–Kier alpha value is -0.430. The molecule has 0 spiro atoms. The standard InChI is InChI=1S/C13H19BrN2O2S/c1-19(17,18)16-9-3-8-15-13-7-6-10-11(13)4-2-5-12(10)14/h2,4-5,13,15-16H,3,6-9H2,1H3. The molecule has 0 radical (unpaired) electrons. The molecule has 0 aromatic heterocycles. The van der Waals surface area contributed by atoms with Gasteiger partial charge in [-0.05, 0) is 43.0 Å². The fourth-order valence-corrected chi connectivity index (χ4v) is 3.54. The van der Waals surface area contributed by atoms with Crippen LogP contribution in [-0.4, -0.2) is 27.8 Å². The van der Waals surface area contributed by atoms with E-state index in [1.807, 2.05) is 0 Å². The molecule has 2 N–H and O–H groups in total. The molecule has 0 saturated heterocycles. The summed E-state index contributed by atoms with van der Waals surface area (Å²) in [7, 11) is -3.06. The van der Waals surface area contributed by atoms with E-state index in [9.17, 15) is 8.42 Å². The van der Waals surface area contributed by atoms with Gasteiger partial charge in [0.05, 0.1) is 6.26 Å². The number of hydrogen-bond donors (Lipinski definition) is 2. The van der Waals surface area contributed by atoms with Crippen LogP contribution >= 0.6 is 15.9 Å². The predicted octanol–water partition coefficient (Wildman–Crippen LogP) is 1.97. The van der Waals surface area contributed by atoms with E-state index in [-0.39, 0.29) is 0 Å². The van der Waals surface area contributed by atoms with Gasteiger partial charge >= 0.3 is 0 Å². The van der Waals surface area contributed by atoms with Gasteiger partial charge in [-0.1, -0.05) is 28.1 Å². The third-order valence-corrected chi connectivity index (χ3v) is 4.79. The zero-order valence-corrected chi connectivity index (χ0v) is 13.4. The van der Waals surface area contributed by atoms with Crippen molar-refractivity contribution in [3.05, 3.63) is 33.8 Å². The largest absolute Gasteiger partial charge is 0.310 e. The van der Waals surface area contributed by atoms with Crippen molar-refractivity contribution < 1.29 is 8.42 Å². The van der Waals surface area contributed by atoms with Crippen molar-refractivity contribution in [3.8, 4) is 0 Å². The minimum atomic E-state index is -3.06. The summed E-state index contributed by atoms with van der Waals surface area (Å²) in [5.74, 6) is 0. The summed E-state index contributed by atoms with van der Waals surface area (Å²) in [5, 5.41) is 3.50. The first-order chi connectivity index (χ1) is 8.97. The highest BCUT2D eigenvalue weighted by Crippen LogP contribution is 2.35. The van der Waals surface area contributed by atoms with Gasteiger partial charge in [-0.15, -0.1) is 0 Å². The molecular formula is C13H19BrN2O2S. The molecule has 2 rings (SSSR count). The molecule has 19 heavy (non-hydrogen) atoms. The lowest BCUT2D eigenvalue weighted by atomic mass is 10.1. The lowest BCUT2D eigenvalue weighted by molar-refractivity contribution is 0.517. The van der Waals surface area contributed by atoms with Gasteiger partial charge in [-0.25, -0.2) is 13.1 Å². The lowest BCUT2D eigenvalue weighted by Crippen LogP contribution is -2.27. The second kappa shape index (κ2) is 6.35. The van der Waals surface area contributed by atoms with Crippen LogP contribution in [0.5, 0.6) is 0 Å². The average Bonchev–Trinajstić information content (AvgIpc) is 2.72. The number of fused-ring (bicyclic) bond motifs is 1. The van der Waals surface area contributed by atoms with E-state index in [1.165, 1.54) is 21.9 Å². The van der Waals surface area contributed by atoms with Crippen molar-refractivity contribution in [1.82, 2.24) is 10.0 Å². The Morgan fingerprint density at radius 1 is 1.37 bits per heavy atom. The highest BCUT2D eigenvalue weighted by molar-refractivity contribution is 9.10. The van der Waals surface area contributed by atoms with Gasteiger partial charge in [-0.2, -0.15) is 0 Å². The van der Waals surface area contributed by atoms with E-state index in [0.717, 1.165) is 25.8 Å². The first-order valence-electron chi connectivity index (χ1n) is 6.42. The molecule has 0 amide bonds. The fraction of sp³-hybridized carbons (Fsp3) is 0.538. The third-order valence-electron chi connectivity index (χ3n) is 3.32. The minimum Gasteiger partial charge on any atom is -0.310 e. The molecule has 106 valence electrons. The topological polar surface area (TPSA) is 58.2 Å². The minimum absolute atomic E-state index is 0.394. The van der Waals surface area contributed by atoms with E-state index in [4.69, 9.17) is 0 Å². The Morgan fingerprint density at radius 2 is 2.16 bits per heavy atom. The highest BCUT2D eigenvalue weighted by atomic mass is 79.9. The first kappa shape index (κ1) is 15.0. The summed E-state index contributed by atoms with van der Waals surface area (Å²) < 4.78 is 25.5. The van der Waals surface area contributed by atoms with Crippen molar-refractivity contribution in [2.75, 3.05) is 19.3 Å². The quantitative estimate of drug-likeness (QED) is 0.774. The molecule has 0 heterocycles. The SMILES string of the molecule is CS(=O)(=O)NCCCNC1CCc2c(Br)cccc21. The fourth-order valence-electron chi connectivity index (χ4n) is 2.44. The van der Waals surface area contributed by atoms with E-state index >= 15 is 0 Å². The highest BCUT2D eigenvalue weighted by Gasteiger charge is 2.22. The molecule has 1 aliphatic carbocycles. The summed E-state index contributed by atoms with van der Waals surface area (Å²) in [6.07, 6.45) is 4.19. The summed E-state index contributed by atoms with van der Waals surface area (Å²) in [5.41, 5.74) is 2.76. The number of rotatable bonds is 6. The van der Waals surface area contributed by atoms with Crippen LogP contribution < -0.4 is 10.0 Å². The maximum atomic E-state index is 10.9. The van der Waals surface area contributed by atoms with Gasteiger partial charge in [0, 0.05) is 17.1 Å². The van der Waals surface area contributed by atoms with Crippen molar-refractivity contribution in [2.45, 2.75) is 25.3 Å². The van der Waals surface area contributed by atoms with Gasteiger partial charge in [0.2, 0.25) is 10.0 Å². The summed E-state index contributed by atoms with van der Waals surface area (Å²) >= 11 is 3.59. The van der Waals surface area contributed by atoms with Gasteiger partial charge in [0.1, 0.15) is 0 Å². The second-order valence-electron chi connectivity index (χ2n) is 4.87. The summed E-state index contributed by atoms with van der Waals surface area (Å²) in [4.78, 5) is 0. The number of sulfonamides is 1. The number of nitrogens with one attached hydrogen (secondary N) is 2. The van der Waals surface area contributed by atoms with Crippen LogP contribution in [0, 0.1) is 0 Å². The first-order valence-corrected chi connectivity index (χ1v) is 9.11. The van der Waals surface area contributed by atoms with Crippen LogP contribution in [0.25, 0.3) is 0 Å². The normalized spacial score (nSPS) is 18.5. The Kier molecular flexibility index (Phi) is 5.00. The van der Waals surface area contributed by atoms with Crippen LogP contribution in [0.1, 0.15) is 30.0 Å². The molecule has 1 aromatic rings. The lowest BCUT2D eigenvalue weighted by Gasteiger charge is -2.14. The zero-order chi connectivity index (χ0) is 13.9. The maximum Gasteiger partial charge on any atom is 0.208 e. The van der Waals surface area contributed by atoms with Gasteiger partial charge < -0.3 is 5.32 Å². The van der Waals surface area contributed by atoms with Gasteiger partial charge in [0.25, 0.3) is 0 Å². The molecule has 0 bridgehead atoms. The van der Waals surface area contributed by atoms with Crippen LogP contribution in [0.2, 0.25) is 0 Å².